The van der Waals surface area contributed by atoms with Gasteiger partial charge < -0.3 is 5.32 Å². The highest BCUT2D eigenvalue weighted by molar-refractivity contribution is 5.29. The maximum Gasteiger partial charge on any atom is 0.413 e. The van der Waals surface area contributed by atoms with Gasteiger partial charge in [0.25, 0.3) is 0 Å². The van der Waals surface area contributed by atoms with Crippen molar-refractivity contribution in [2.75, 3.05) is 7.05 Å². The Labute approximate surface area is 129 Å². The maximum atomic E-state index is 13.1. The fraction of sp³-hybridized carbons (Fsp3) is 0.500. The van der Waals surface area contributed by atoms with E-state index in [1.807, 2.05) is 0 Å². The van der Waals surface area contributed by atoms with E-state index in [0.717, 1.165) is 4.68 Å². The van der Waals surface area contributed by atoms with Crippen LogP contribution in [0.2, 0.25) is 0 Å². The first-order valence-corrected chi connectivity index (χ1v) is 7.08. The largest absolute Gasteiger partial charge is 0.413 e. The zero-order valence-corrected chi connectivity index (χ0v) is 12.5. The predicted octanol–water partition coefficient (Wildman–Crippen LogP) is 2.48. The molecule has 1 N–H and O–H groups in total. The molecular formula is C14H15F4N5. The van der Waals surface area contributed by atoms with Gasteiger partial charge in [0.2, 0.25) is 5.95 Å². The van der Waals surface area contributed by atoms with Crippen LogP contribution < -0.4 is 5.32 Å². The van der Waals surface area contributed by atoms with Crippen LogP contribution in [0.15, 0.2) is 18.3 Å². The summed E-state index contributed by atoms with van der Waals surface area (Å²) >= 11 is 0. The van der Waals surface area contributed by atoms with Crippen molar-refractivity contribution in [3.05, 3.63) is 41.2 Å². The molecule has 0 saturated heterocycles. The summed E-state index contributed by atoms with van der Waals surface area (Å²) in [7, 11) is 1.64. The molecule has 0 amide bonds. The molecule has 1 atom stereocenters. The lowest BCUT2D eigenvalue weighted by molar-refractivity contribution is -0.182. The Balaban J connectivity index is 1.95. The van der Waals surface area contributed by atoms with Crippen LogP contribution in [0.4, 0.5) is 17.6 Å². The minimum absolute atomic E-state index is 0.000647. The molecule has 0 radical (unpaired) electrons. The molecule has 3 rings (SSSR count). The Hall–Kier alpha value is -2.03. The quantitative estimate of drug-likeness (QED) is 0.692. The number of halogens is 4. The summed E-state index contributed by atoms with van der Waals surface area (Å²) < 4.78 is 53.5. The average Bonchev–Trinajstić information content (AvgIpc) is 3.15. The topological polar surface area (TPSA) is 55.6 Å². The van der Waals surface area contributed by atoms with Gasteiger partial charge in [-0.15, -0.1) is 5.10 Å². The molecule has 9 heteroatoms. The number of hydrogen-bond donors (Lipinski definition) is 1. The molecule has 0 spiro atoms. The van der Waals surface area contributed by atoms with E-state index in [1.54, 1.807) is 14.0 Å². The molecule has 0 bridgehead atoms. The van der Waals surface area contributed by atoms with Crippen LogP contribution in [0.25, 0.3) is 0 Å². The molecule has 124 valence electrons. The molecule has 1 unspecified atom stereocenters. The lowest BCUT2D eigenvalue weighted by Crippen LogP contribution is -2.35. The van der Waals surface area contributed by atoms with Crippen LogP contribution in [0, 0.1) is 12.9 Å². The average molecular weight is 329 g/mol. The Morgan fingerprint density at radius 1 is 1.30 bits per heavy atom. The minimum atomic E-state index is -4.36. The monoisotopic (exact) mass is 329 g/mol. The van der Waals surface area contributed by atoms with E-state index in [0.29, 0.717) is 17.0 Å². The summed E-state index contributed by atoms with van der Waals surface area (Å²) in [6.45, 7) is 1.63. The molecule has 23 heavy (non-hydrogen) atoms. The molecule has 1 aliphatic carbocycles. The molecule has 1 saturated carbocycles. The number of nitrogens with one attached hydrogen (secondary N) is 1. The first kappa shape index (κ1) is 15.9. The van der Waals surface area contributed by atoms with Gasteiger partial charge in [-0.05, 0) is 38.4 Å². The van der Waals surface area contributed by atoms with Gasteiger partial charge in [0.15, 0.2) is 5.54 Å². The Morgan fingerprint density at radius 2 is 2.00 bits per heavy atom. The molecule has 0 aliphatic heterocycles. The standard InChI is InChI=1S/C14H15F4N5/c1-8-9(3-4-11(15)20-8)12(19-2)10-7-23(22-21-10)13(5-6-13)14(16,17)18/h3-4,7,12,19H,5-6H2,1-2H3. The van der Waals surface area contributed by atoms with Crippen molar-refractivity contribution in [3.63, 3.8) is 0 Å². The second-order valence-electron chi connectivity index (χ2n) is 5.65. The fourth-order valence-corrected chi connectivity index (χ4v) is 2.69. The number of rotatable bonds is 4. The van der Waals surface area contributed by atoms with E-state index in [1.165, 1.54) is 18.3 Å². The highest BCUT2D eigenvalue weighted by Gasteiger charge is 2.66. The zero-order valence-electron chi connectivity index (χ0n) is 12.5. The second kappa shape index (κ2) is 5.26. The van der Waals surface area contributed by atoms with Gasteiger partial charge in [-0.25, -0.2) is 9.67 Å². The third-order valence-electron chi connectivity index (χ3n) is 4.19. The molecule has 2 aromatic heterocycles. The number of aromatic nitrogens is 4. The van der Waals surface area contributed by atoms with Crippen LogP contribution >= 0.6 is 0 Å². The highest BCUT2D eigenvalue weighted by atomic mass is 19.4. The number of pyridine rings is 1. The lowest BCUT2D eigenvalue weighted by Gasteiger charge is -2.19. The van der Waals surface area contributed by atoms with Crippen molar-refractivity contribution >= 4 is 0 Å². The predicted molar refractivity (Wildman–Crippen MR) is 73.1 cm³/mol. The van der Waals surface area contributed by atoms with E-state index < -0.39 is 23.7 Å². The first-order chi connectivity index (χ1) is 10.8. The van der Waals surface area contributed by atoms with Gasteiger partial charge in [-0.2, -0.15) is 17.6 Å². The van der Waals surface area contributed by atoms with Crippen molar-refractivity contribution in [3.8, 4) is 0 Å². The first-order valence-electron chi connectivity index (χ1n) is 7.08. The van der Waals surface area contributed by atoms with Crippen molar-refractivity contribution in [2.24, 2.45) is 0 Å². The van der Waals surface area contributed by atoms with Crippen LogP contribution in [-0.4, -0.2) is 33.2 Å². The third-order valence-corrected chi connectivity index (χ3v) is 4.19. The molecule has 1 fully saturated rings. The Bertz CT molecular complexity index is 720. The van der Waals surface area contributed by atoms with E-state index >= 15 is 0 Å². The van der Waals surface area contributed by atoms with Crippen molar-refractivity contribution in [2.45, 2.75) is 37.5 Å². The molecule has 2 aromatic rings. The smallest absolute Gasteiger partial charge is 0.308 e. The van der Waals surface area contributed by atoms with Gasteiger partial charge in [0.05, 0.1) is 12.2 Å². The van der Waals surface area contributed by atoms with Gasteiger partial charge in [-0.1, -0.05) is 11.3 Å². The highest BCUT2D eigenvalue weighted by Crippen LogP contribution is 2.55. The van der Waals surface area contributed by atoms with Gasteiger partial charge in [0, 0.05) is 5.69 Å². The summed E-state index contributed by atoms with van der Waals surface area (Å²) in [6, 6.07) is 2.23. The summed E-state index contributed by atoms with van der Waals surface area (Å²) in [5, 5.41) is 10.5. The lowest BCUT2D eigenvalue weighted by atomic mass is 10.0. The summed E-state index contributed by atoms with van der Waals surface area (Å²) in [5.74, 6) is -0.612. The molecular weight excluding hydrogens is 314 g/mol. The van der Waals surface area contributed by atoms with E-state index in [9.17, 15) is 17.6 Å². The van der Waals surface area contributed by atoms with Crippen molar-refractivity contribution in [1.82, 2.24) is 25.3 Å². The van der Waals surface area contributed by atoms with E-state index in [2.05, 4.69) is 20.6 Å². The van der Waals surface area contributed by atoms with Gasteiger partial charge in [0.1, 0.15) is 5.69 Å². The van der Waals surface area contributed by atoms with E-state index in [4.69, 9.17) is 0 Å². The van der Waals surface area contributed by atoms with Crippen molar-refractivity contribution in [1.29, 1.82) is 0 Å². The van der Waals surface area contributed by atoms with Gasteiger partial charge in [-0.3, -0.25) is 0 Å². The SMILES string of the molecule is CNC(c1cn(C2(C(F)(F)F)CC2)nn1)c1ccc(F)nc1C. The third kappa shape index (κ3) is 2.58. The second-order valence-corrected chi connectivity index (χ2v) is 5.65. The van der Waals surface area contributed by atoms with Gasteiger partial charge >= 0.3 is 6.18 Å². The molecule has 5 nitrogen and oxygen atoms in total. The van der Waals surface area contributed by atoms with Crippen LogP contribution in [0.3, 0.4) is 0 Å². The Kier molecular flexibility index (Phi) is 3.62. The molecule has 1 aliphatic rings. The summed E-state index contributed by atoms with van der Waals surface area (Å²) in [6.07, 6.45) is -3.06. The minimum Gasteiger partial charge on any atom is -0.308 e. The number of hydrogen-bond acceptors (Lipinski definition) is 4. The molecule has 2 heterocycles. The normalized spacial score (nSPS) is 18.0. The fourth-order valence-electron chi connectivity index (χ4n) is 2.69. The summed E-state index contributed by atoms with van der Waals surface area (Å²) in [4.78, 5) is 3.73. The Morgan fingerprint density at radius 3 is 2.52 bits per heavy atom. The van der Waals surface area contributed by atoms with Crippen LogP contribution in [0.1, 0.15) is 35.8 Å². The summed E-state index contributed by atoms with van der Waals surface area (Å²) in [5.41, 5.74) is -0.527. The maximum absolute atomic E-state index is 13.1. The number of alkyl halides is 3. The van der Waals surface area contributed by atoms with E-state index in [-0.39, 0.29) is 12.8 Å². The molecule has 0 aromatic carbocycles. The van der Waals surface area contributed by atoms with Crippen LogP contribution in [-0.2, 0) is 5.54 Å². The van der Waals surface area contributed by atoms with Crippen molar-refractivity contribution < 1.29 is 17.6 Å². The van der Waals surface area contributed by atoms with Crippen LogP contribution in [0.5, 0.6) is 0 Å². The number of nitrogens with zero attached hydrogens (tertiary/aromatic N) is 4. The zero-order chi connectivity index (χ0) is 16.8. The number of aryl methyl sites for hydroxylation is 1.